The fourth-order valence-corrected chi connectivity index (χ4v) is 4.66. The highest BCUT2D eigenvalue weighted by Gasteiger charge is 2.44. The number of rotatable bonds is 6. The van der Waals surface area contributed by atoms with Crippen LogP contribution in [0.5, 0.6) is 5.75 Å². The van der Waals surface area contributed by atoms with Gasteiger partial charge >= 0.3 is 0 Å². The van der Waals surface area contributed by atoms with Crippen molar-refractivity contribution in [1.29, 1.82) is 0 Å². The van der Waals surface area contributed by atoms with Gasteiger partial charge < -0.3 is 20.0 Å². The normalized spacial score (nSPS) is 16.8. The lowest BCUT2D eigenvalue weighted by atomic mass is 9.92. The zero-order valence-corrected chi connectivity index (χ0v) is 18.9. The molecule has 1 aromatic heterocycles. The van der Waals surface area contributed by atoms with E-state index < -0.39 is 17.7 Å². The van der Waals surface area contributed by atoms with Gasteiger partial charge in [-0.1, -0.05) is 0 Å². The van der Waals surface area contributed by atoms with Gasteiger partial charge in [-0.25, -0.2) is 4.98 Å². The molecule has 1 amide bonds. The molecule has 1 aliphatic heterocycles. The van der Waals surface area contributed by atoms with Gasteiger partial charge in [0.25, 0.3) is 5.91 Å². The highest BCUT2D eigenvalue weighted by atomic mass is 32.1. The third kappa shape index (κ3) is 3.85. The van der Waals surface area contributed by atoms with Crippen LogP contribution in [0.15, 0.2) is 23.5 Å². The van der Waals surface area contributed by atoms with Crippen molar-refractivity contribution in [2.24, 2.45) is 0 Å². The fraction of sp³-hybridized carbons (Fsp3) is 0.409. The van der Waals surface area contributed by atoms with E-state index in [1.807, 2.05) is 25.9 Å². The Morgan fingerprint density at radius 2 is 1.77 bits per heavy atom. The molecule has 30 heavy (non-hydrogen) atoms. The van der Waals surface area contributed by atoms with E-state index in [2.05, 4.69) is 4.98 Å². The van der Waals surface area contributed by atoms with Crippen LogP contribution in [0, 0.1) is 27.7 Å². The molecule has 160 valence electrons. The third-order valence-electron chi connectivity index (χ3n) is 5.28. The molecule has 2 N–H and O–H groups in total. The van der Waals surface area contributed by atoms with E-state index >= 15 is 0 Å². The molecule has 0 bridgehead atoms. The lowest BCUT2D eigenvalue weighted by Gasteiger charge is -2.28. The van der Waals surface area contributed by atoms with E-state index in [1.165, 1.54) is 16.2 Å². The average molecular weight is 430 g/mol. The maximum absolute atomic E-state index is 13.5. The number of ketones is 1. The SMILES string of the molecule is Cc1nc(C)c(C(=O)C2=C(O)C(=O)N(CCN(C)C)C2c2cc(C)c(O)c(C)c2)s1. The number of amides is 1. The molecular weight excluding hydrogens is 402 g/mol. The van der Waals surface area contributed by atoms with Gasteiger partial charge in [0.05, 0.1) is 27.2 Å². The van der Waals surface area contributed by atoms with Crippen LogP contribution >= 0.6 is 11.3 Å². The number of aryl methyl sites for hydroxylation is 4. The minimum Gasteiger partial charge on any atom is -0.507 e. The molecule has 0 saturated carbocycles. The first-order valence-electron chi connectivity index (χ1n) is 9.70. The fourth-order valence-electron chi connectivity index (χ4n) is 3.78. The van der Waals surface area contributed by atoms with E-state index in [4.69, 9.17) is 0 Å². The largest absolute Gasteiger partial charge is 0.507 e. The van der Waals surface area contributed by atoms with Crippen LogP contribution in [0.4, 0.5) is 0 Å². The number of aliphatic hydroxyl groups excluding tert-OH is 1. The Labute approximate surface area is 180 Å². The van der Waals surface area contributed by atoms with E-state index in [-0.39, 0.29) is 17.1 Å². The Morgan fingerprint density at radius 3 is 2.27 bits per heavy atom. The lowest BCUT2D eigenvalue weighted by Crippen LogP contribution is -2.36. The Balaban J connectivity index is 2.15. The number of thiazole rings is 1. The summed E-state index contributed by atoms with van der Waals surface area (Å²) >= 11 is 1.25. The number of Topliss-reactive ketones (excluding diaryl/α,β-unsaturated/α-hetero) is 1. The van der Waals surface area contributed by atoms with Crippen molar-refractivity contribution in [3.05, 3.63) is 55.7 Å². The number of phenols is 1. The Morgan fingerprint density at radius 1 is 1.17 bits per heavy atom. The third-order valence-corrected chi connectivity index (χ3v) is 6.35. The smallest absolute Gasteiger partial charge is 0.290 e. The molecule has 8 heteroatoms. The van der Waals surface area contributed by atoms with E-state index in [0.29, 0.717) is 40.4 Å². The first-order valence-corrected chi connectivity index (χ1v) is 10.5. The van der Waals surface area contributed by atoms with Crippen molar-refractivity contribution in [2.75, 3.05) is 27.2 Å². The van der Waals surface area contributed by atoms with Gasteiger partial charge in [-0.2, -0.15) is 0 Å². The quantitative estimate of drug-likeness (QED) is 0.685. The van der Waals surface area contributed by atoms with Crippen LogP contribution in [0.1, 0.15) is 43.1 Å². The average Bonchev–Trinajstić information content (AvgIpc) is 3.13. The van der Waals surface area contributed by atoms with Gasteiger partial charge in [0, 0.05) is 13.1 Å². The molecule has 3 rings (SSSR count). The monoisotopic (exact) mass is 429 g/mol. The summed E-state index contributed by atoms with van der Waals surface area (Å²) in [5.41, 5.74) is 2.62. The maximum Gasteiger partial charge on any atom is 0.290 e. The van der Waals surface area contributed by atoms with Crippen molar-refractivity contribution >= 4 is 23.0 Å². The summed E-state index contributed by atoms with van der Waals surface area (Å²) in [5.74, 6) is -1.28. The van der Waals surface area contributed by atoms with E-state index in [0.717, 1.165) is 5.01 Å². The molecule has 2 heterocycles. The maximum atomic E-state index is 13.5. The lowest BCUT2D eigenvalue weighted by molar-refractivity contribution is -0.129. The second-order valence-corrected chi connectivity index (χ2v) is 9.15. The second-order valence-electron chi connectivity index (χ2n) is 7.95. The highest BCUT2D eigenvalue weighted by molar-refractivity contribution is 7.14. The number of hydrogen-bond donors (Lipinski definition) is 2. The van der Waals surface area contributed by atoms with Gasteiger partial charge in [0.1, 0.15) is 5.75 Å². The standard InChI is InChI=1S/C22H27N3O4S/c1-11-9-15(10-12(2)18(11)26)17-16(19(27)21-13(3)23-14(4)30-21)20(28)22(29)25(17)8-7-24(5)6/h9-10,17,26,28H,7-8H2,1-6H3. The summed E-state index contributed by atoms with van der Waals surface area (Å²) < 4.78 is 0. The Hall–Kier alpha value is -2.71. The first-order chi connectivity index (χ1) is 14.0. The Bertz CT molecular complexity index is 1030. The van der Waals surface area contributed by atoms with Crippen molar-refractivity contribution in [3.8, 4) is 5.75 Å². The van der Waals surface area contributed by atoms with Crippen LogP contribution in [0.25, 0.3) is 0 Å². The van der Waals surface area contributed by atoms with Gasteiger partial charge in [-0.15, -0.1) is 11.3 Å². The molecule has 7 nitrogen and oxygen atoms in total. The van der Waals surface area contributed by atoms with E-state index in [1.54, 1.807) is 32.9 Å². The molecule has 2 aromatic rings. The molecule has 1 unspecified atom stereocenters. The van der Waals surface area contributed by atoms with Gasteiger partial charge in [-0.05, 0) is 70.6 Å². The zero-order valence-electron chi connectivity index (χ0n) is 18.1. The van der Waals surface area contributed by atoms with Crippen molar-refractivity contribution in [2.45, 2.75) is 33.7 Å². The number of benzene rings is 1. The summed E-state index contributed by atoms with van der Waals surface area (Å²) in [7, 11) is 3.79. The minimum atomic E-state index is -0.732. The van der Waals surface area contributed by atoms with Crippen molar-refractivity contribution in [1.82, 2.24) is 14.8 Å². The van der Waals surface area contributed by atoms with Crippen LogP contribution in [-0.4, -0.2) is 63.9 Å². The zero-order chi connectivity index (χ0) is 22.3. The van der Waals surface area contributed by atoms with Crippen LogP contribution in [0.2, 0.25) is 0 Å². The second kappa shape index (κ2) is 8.20. The number of phenolic OH excluding ortho intramolecular Hbond substituents is 1. The Kier molecular flexibility index (Phi) is 6.01. The van der Waals surface area contributed by atoms with Gasteiger partial charge in [-0.3, -0.25) is 9.59 Å². The number of aliphatic hydroxyl groups is 1. The summed E-state index contributed by atoms with van der Waals surface area (Å²) in [6, 6.07) is 2.80. The number of nitrogens with zero attached hydrogens (tertiary/aromatic N) is 3. The minimum absolute atomic E-state index is 0.0648. The van der Waals surface area contributed by atoms with Gasteiger partial charge in [0.2, 0.25) is 5.78 Å². The molecule has 1 aromatic carbocycles. The molecule has 0 saturated heterocycles. The molecule has 1 atom stereocenters. The summed E-state index contributed by atoms with van der Waals surface area (Å²) in [6.45, 7) is 8.03. The molecule has 0 fully saturated rings. The first kappa shape index (κ1) is 22.0. The summed E-state index contributed by atoms with van der Waals surface area (Å²) in [4.78, 5) is 34.6. The van der Waals surface area contributed by atoms with Crippen LogP contribution in [-0.2, 0) is 4.79 Å². The summed E-state index contributed by atoms with van der Waals surface area (Å²) in [5, 5.41) is 21.7. The van der Waals surface area contributed by atoms with E-state index in [9.17, 15) is 19.8 Å². The predicted molar refractivity (Wildman–Crippen MR) is 116 cm³/mol. The number of aromatic hydroxyl groups is 1. The summed E-state index contributed by atoms with van der Waals surface area (Å²) in [6.07, 6.45) is 0. The number of aromatic nitrogens is 1. The number of carbonyl (C=O) groups excluding carboxylic acids is 2. The van der Waals surface area contributed by atoms with Crippen molar-refractivity contribution < 1.29 is 19.8 Å². The number of hydrogen-bond acceptors (Lipinski definition) is 7. The van der Waals surface area contributed by atoms with Crippen LogP contribution < -0.4 is 0 Å². The molecule has 1 aliphatic rings. The number of likely N-dealkylation sites (N-methyl/N-ethyl adjacent to an activating group) is 1. The van der Waals surface area contributed by atoms with Crippen molar-refractivity contribution in [3.63, 3.8) is 0 Å². The number of carbonyl (C=O) groups is 2. The molecule has 0 radical (unpaired) electrons. The molecule has 0 spiro atoms. The predicted octanol–water partition coefficient (Wildman–Crippen LogP) is 3.22. The van der Waals surface area contributed by atoms with Crippen LogP contribution in [0.3, 0.4) is 0 Å². The highest BCUT2D eigenvalue weighted by Crippen LogP contribution is 2.41. The molecule has 0 aliphatic carbocycles. The molecular formula is C22H27N3O4S. The topological polar surface area (TPSA) is 94.0 Å². The van der Waals surface area contributed by atoms with Gasteiger partial charge in [0.15, 0.2) is 5.76 Å².